The second-order valence-electron chi connectivity index (χ2n) is 4.83. The largest absolute Gasteiger partial charge is 0.493 e. The molecule has 1 aromatic carbocycles. The summed E-state index contributed by atoms with van der Waals surface area (Å²) in [5.74, 6) is 1.48. The summed E-state index contributed by atoms with van der Waals surface area (Å²) < 4.78 is 10.6. The van der Waals surface area contributed by atoms with Gasteiger partial charge in [0, 0.05) is 29.4 Å². The number of hydrogen-bond donors (Lipinski definition) is 1. The first kappa shape index (κ1) is 13.4. The molecule has 1 aromatic heterocycles. The Morgan fingerprint density at radius 1 is 1.25 bits per heavy atom. The lowest BCUT2D eigenvalue weighted by molar-refractivity contribution is 0.355. The van der Waals surface area contributed by atoms with Gasteiger partial charge < -0.3 is 14.8 Å². The molecule has 0 bridgehead atoms. The van der Waals surface area contributed by atoms with Gasteiger partial charge in [-0.25, -0.2) is 4.98 Å². The van der Waals surface area contributed by atoms with E-state index in [1.54, 1.807) is 25.6 Å². The maximum absolute atomic E-state index is 5.36. The van der Waals surface area contributed by atoms with Gasteiger partial charge in [-0.3, -0.25) is 0 Å². The first-order valence-corrected chi connectivity index (χ1v) is 7.50. The highest BCUT2D eigenvalue weighted by Gasteiger charge is 2.21. The van der Waals surface area contributed by atoms with Crippen molar-refractivity contribution in [3.05, 3.63) is 28.8 Å². The fraction of sp³-hybridized carbons (Fsp3) is 0.400. The fourth-order valence-electron chi connectivity index (χ4n) is 2.47. The summed E-state index contributed by atoms with van der Waals surface area (Å²) in [5.41, 5.74) is 2.31. The molecule has 0 radical (unpaired) electrons. The van der Waals surface area contributed by atoms with E-state index >= 15 is 0 Å². The second kappa shape index (κ2) is 5.42. The molecule has 0 saturated carbocycles. The van der Waals surface area contributed by atoms with Crippen molar-refractivity contribution in [2.45, 2.75) is 19.4 Å². The number of fused-ring (bicyclic) bond motifs is 1. The average molecular weight is 290 g/mol. The smallest absolute Gasteiger partial charge is 0.161 e. The van der Waals surface area contributed by atoms with Crippen molar-refractivity contribution in [1.82, 2.24) is 10.3 Å². The second-order valence-corrected chi connectivity index (χ2v) is 5.86. The zero-order valence-electron chi connectivity index (χ0n) is 11.9. The molecule has 0 spiro atoms. The Morgan fingerprint density at radius 3 is 2.75 bits per heavy atom. The van der Waals surface area contributed by atoms with Crippen molar-refractivity contribution >= 4 is 11.3 Å². The molecule has 1 aliphatic heterocycles. The molecule has 2 aromatic rings. The van der Waals surface area contributed by atoms with E-state index < -0.39 is 0 Å². The van der Waals surface area contributed by atoms with E-state index in [9.17, 15) is 0 Å². The summed E-state index contributed by atoms with van der Waals surface area (Å²) in [6, 6.07) is 6.34. The van der Waals surface area contributed by atoms with Gasteiger partial charge in [0.15, 0.2) is 11.5 Å². The molecular formula is C15H18N2O2S. The molecule has 1 N–H and O–H groups in total. The molecule has 20 heavy (non-hydrogen) atoms. The molecule has 4 nitrogen and oxygen atoms in total. The molecular weight excluding hydrogens is 272 g/mol. The Hall–Kier alpha value is -1.59. The fourth-order valence-corrected chi connectivity index (χ4v) is 3.61. The minimum Gasteiger partial charge on any atom is -0.493 e. The summed E-state index contributed by atoms with van der Waals surface area (Å²) in [6.45, 7) is 3.19. The van der Waals surface area contributed by atoms with E-state index in [4.69, 9.17) is 14.5 Å². The zero-order valence-corrected chi connectivity index (χ0v) is 12.7. The molecule has 5 heteroatoms. The number of nitrogens with one attached hydrogen (secondary N) is 1. The van der Waals surface area contributed by atoms with E-state index in [0.29, 0.717) is 6.04 Å². The number of nitrogens with zero attached hydrogens (tertiary/aromatic N) is 1. The summed E-state index contributed by atoms with van der Waals surface area (Å²) in [6.07, 6.45) is 1.00. The van der Waals surface area contributed by atoms with Gasteiger partial charge in [-0.2, -0.15) is 0 Å². The van der Waals surface area contributed by atoms with Crippen LogP contribution in [0, 0.1) is 0 Å². The van der Waals surface area contributed by atoms with Gasteiger partial charge in [-0.1, -0.05) is 0 Å². The molecule has 3 rings (SSSR count). The quantitative estimate of drug-likeness (QED) is 0.943. The van der Waals surface area contributed by atoms with Crippen LogP contribution in [-0.2, 0) is 6.42 Å². The van der Waals surface area contributed by atoms with Crippen LogP contribution in [0.25, 0.3) is 10.6 Å². The highest BCUT2D eigenvalue weighted by Crippen LogP contribution is 2.37. The van der Waals surface area contributed by atoms with E-state index in [1.807, 2.05) is 18.2 Å². The molecule has 0 aliphatic carbocycles. The molecule has 1 atom stereocenters. The summed E-state index contributed by atoms with van der Waals surface area (Å²) in [4.78, 5) is 6.13. The van der Waals surface area contributed by atoms with E-state index in [1.165, 1.54) is 10.6 Å². The van der Waals surface area contributed by atoms with Crippen LogP contribution >= 0.6 is 11.3 Å². The van der Waals surface area contributed by atoms with Crippen molar-refractivity contribution in [2.75, 3.05) is 20.8 Å². The number of benzene rings is 1. The van der Waals surface area contributed by atoms with Gasteiger partial charge in [0.2, 0.25) is 0 Å². The number of aromatic nitrogens is 1. The van der Waals surface area contributed by atoms with Crippen LogP contribution in [0.2, 0.25) is 0 Å². The Kier molecular flexibility index (Phi) is 3.63. The van der Waals surface area contributed by atoms with Crippen molar-refractivity contribution in [2.24, 2.45) is 0 Å². The van der Waals surface area contributed by atoms with E-state index in [2.05, 4.69) is 12.2 Å². The Bertz CT molecular complexity index is 624. The van der Waals surface area contributed by atoms with Gasteiger partial charge in [-0.15, -0.1) is 11.3 Å². The lowest BCUT2D eigenvalue weighted by Crippen LogP contribution is -2.26. The maximum Gasteiger partial charge on any atom is 0.161 e. The van der Waals surface area contributed by atoms with Crippen molar-refractivity contribution in [1.29, 1.82) is 0 Å². The average Bonchev–Trinajstić information content (AvgIpc) is 2.92. The van der Waals surface area contributed by atoms with E-state index in [-0.39, 0.29) is 0 Å². The third kappa shape index (κ3) is 2.27. The number of hydrogen-bond acceptors (Lipinski definition) is 5. The molecule has 2 heterocycles. The van der Waals surface area contributed by atoms with Crippen molar-refractivity contribution < 1.29 is 9.47 Å². The SMILES string of the molecule is COc1ccc(-c2nc3c(s2)C(C)NCC3)cc1OC. The topological polar surface area (TPSA) is 43.4 Å². The van der Waals surface area contributed by atoms with Crippen molar-refractivity contribution in [3.8, 4) is 22.1 Å². The van der Waals surface area contributed by atoms with Gasteiger partial charge in [-0.05, 0) is 25.1 Å². The first-order chi connectivity index (χ1) is 9.72. The number of methoxy groups -OCH3 is 2. The third-order valence-electron chi connectivity index (χ3n) is 3.56. The van der Waals surface area contributed by atoms with Crippen LogP contribution in [0.15, 0.2) is 18.2 Å². The third-order valence-corrected chi connectivity index (χ3v) is 4.89. The normalized spacial score (nSPS) is 17.6. The molecule has 1 aliphatic rings. The number of thiazole rings is 1. The van der Waals surface area contributed by atoms with Crippen LogP contribution < -0.4 is 14.8 Å². The lowest BCUT2D eigenvalue weighted by Gasteiger charge is -2.18. The number of ether oxygens (including phenoxy) is 2. The molecule has 0 fully saturated rings. The monoisotopic (exact) mass is 290 g/mol. The van der Waals surface area contributed by atoms with Crippen LogP contribution in [0.4, 0.5) is 0 Å². The van der Waals surface area contributed by atoms with Gasteiger partial charge in [0.05, 0.1) is 19.9 Å². The maximum atomic E-state index is 5.36. The van der Waals surface area contributed by atoms with Crippen molar-refractivity contribution in [3.63, 3.8) is 0 Å². The first-order valence-electron chi connectivity index (χ1n) is 6.68. The highest BCUT2D eigenvalue weighted by molar-refractivity contribution is 7.15. The minimum atomic E-state index is 0.394. The summed E-state index contributed by atoms with van der Waals surface area (Å²) in [7, 11) is 3.30. The molecule has 1 unspecified atom stereocenters. The number of rotatable bonds is 3. The lowest BCUT2D eigenvalue weighted by atomic mass is 10.1. The van der Waals surface area contributed by atoms with Crippen LogP contribution in [0.3, 0.4) is 0 Å². The summed E-state index contributed by atoms with van der Waals surface area (Å²) in [5, 5.41) is 4.52. The molecule has 0 saturated heterocycles. The van der Waals surface area contributed by atoms with E-state index in [0.717, 1.165) is 35.0 Å². The highest BCUT2D eigenvalue weighted by atomic mass is 32.1. The Labute approximate surface area is 122 Å². The Balaban J connectivity index is 2.01. The van der Waals surface area contributed by atoms with Crippen LogP contribution in [-0.4, -0.2) is 25.7 Å². The minimum absolute atomic E-state index is 0.394. The summed E-state index contributed by atoms with van der Waals surface area (Å²) >= 11 is 1.76. The Morgan fingerprint density at radius 2 is 2.05 bits per heavy atom. The predicted molar refractivity (Wildman–Crippen MR) is 80.8 cm³/mol. The zero-order chi connectivity index (χ0) is 14.1. The van der Waals surface area contributed by atoms with Gasteiger partial charge in [0.25, 0.3) is 0 Å². The van der Waals surface area contributed by atoms with Crippen LogP contribution in [0.5, 0.6) is 11.5 Å². The van der Waals surface area contributed by atoms with Gasteiger partial charge >= 0.3 is 0 Å². The standard InChI is InChI=1S/C15H18N2O2S/c1-9-14-11(6-7-16-9)17-15(20-14)10-4-5-12(18-2)13(8-10)19-3/h4-5,8-9,16H,6-7H2,1-3H3. The molecule has 0 amide bonds. The van der Waals surface area contributed by atoms with Crippen LogP contribution in [0.1, 0.15) is 23.5 Å². The predicted octanol–water partition coefficient (Wildman–Crippen LogP) is 3.03. The van der Waals surface area contributed by atoms with Gasteiger partial charge in [0.1, 0.15) is 5.01 Å². The molecule has 106 valence electrons.